The topological polar surface area (TPSA) is 86.1 Å². The smallest absolute Gasteiger partial charge is 0.416 e. The van der Waals surface area contributed by atoms with Gasteiger partial charge in [0.15, 0.2) is 11.4 Å². The lowest BCUT2D eigenvalue weighted by Gasteiger charge is -2.36. The summed E-state index contributed by atoms with van der Waals surface area (Å²) >= 11 is 0. The Morgan fingerprint density at radius 3 is 2.09 bits per heavy atom. The number of halogens is 3. The number of hydrogen-bond acceptors (Lipinski definition) is 4. The number of amides is 1. The average molecular weight is 446 g/mol. The number of aromatic nitrogens is 1. The molecule has 0 atom stereocenters. The summed E-state index contributed by atoms with van der Waals surface area (Å²) in [6.07, 6.45) is -1.92. The van der Waals surface area contributed by atoms with Gasteiger partial charge in [0.05, 0.1) is 5.56 Å². The first-order valence-electron chi connectivity index (χ1n) is 10.2. The Labute approximate surface area is 182 Å². The number of carbonyl (C=O) groups is 2. The van der Waals surface area contributed by atoms with Crippen molar-refractivity contribution in [2.75, 3.05) is 26.2 Å². The molecule has 2 aromatic rings. The molecule has 0 bridgehead atoms. The number of amidine groups is 1. The highest BCUT2D eigenvalue weighted by Crippen LogP contribution is 2.40. The van der Waals surface area contributed by atoms with Crippen molar-refractivity contribution in [3.63, 3.8) is 0 Å². The van der Waals surface area contributed by atoms with E-state index in [1.54, 1.807) is 29.3 Å². The molecule has 1 aliphatic heterocycles. The number of hydrogen-bond donors (Lipinski definition) is 1. The van der Waals surface area contributed by atoms with Crippen LogP contribution in [-0.4, -0.2) is 69.3 Å². The fraction of sp³-hybridized carbons (Fsp3) is 0.364. The Bertz CT molecular complexity index is 1030. The van der Waals surface area contributed by atoms with Crippen molar-refractivity contribution < 1.29 is 27.9 Å². The molecule has 1 aliphatic carbocycles. The van der Waals surface area contributed by atoms with Crippen molar-refractivity contribution in [3.8, 4) is 0 Å². The molecule has 1 aromatic heterocycles. The van der Waals surface area contributed by atoms with Crippen LogP contribution in [0.5, 0.6) is 0 Å². The Morgan fingerprint density at radius 1 is 0.969 bits per heavy atom. The molecule has 0 spiro atoms. The van der Waals surface area contributed by atoms with Gasteiger partial charge in [-0.3, -0.25) is 9.78 Å². The molecule has 0 radical (unpaired) electrons. The molecule has 10 heteroatoms. The molecule has 1 saturated heterocycles. The lowest BCUT2D eigenvalue weighted by Crippen LogP contribution is -2.51. The van der Waals surface area contributed by atoms with E-state index in [0.717, 1.165) is 12.1 Å². The quantitative estimate of drug-likeness (QED) is 0.577. The minimum Gasteiger partial charge on any atom is -0.479 e. The third-order valence-corrected chi connectivity index (χ3v) is 5.66. The summed E-state index contributed by atoms with van der Waals surface area (Å²) < 4.78 is 38.3. The summed E-state index contributed by atoms with van der Waals surface area (Å²) in [6.45, 7) is 1.45. The van der Waals surface area contributed by atoms with Crippen molar-refractivity contribution in [2.45, 2.75) is 24.6 Å². The number of nitrogens with zero attached hydrogens (tertiary/aromatic N) is 4. The van der Waals surface area contributed by atoms with Gasteiger partial charge in [-0.05, 0) is 49.2 Å². The van der Waals surface area contributed by atoms with Crippen LogP contribution >= 0.6 is 0 Å². The van der Waals surface area contributed by atoms with Crippen molar-refractivity contribution in [2.24, 2.45) is 4.99 Å². The zero-order chi connectivity index (χ0) is 22.9. The maximum Gasteiger partial charge on any atom is 0.416 e. The molecule has 2 fully saturated rings. The van der Waals surface area contributed by atoms with Crippen molar-refractivity contribution in [1.82, 2.24) is 14.8 Å². The molecule has 1 aromatic carbocycles. The summed E-state index contributed by atoms with van der Waals surface area (Å²) in [4.78, 5) is 36.7. The number of aliphatic carboxylic acids is 1. The number of alkyl halides is 3. The van der Waals surface area contributed by atoms with Gasteiger partial charge in [-0.1, -0.05) is 6.07 Å². The second kappa shape index (κ2) is 8.25. The number of rotatable bonds is 4. The van der Waals surface area contributed by atoms with E-state index in [1.807, 2.05) is 4.90 Å². The molecule has 4 rings (SSSR count). The number of carboxylic acids is 1. The van der Waals surface area contributed by atoms with Crippen molar-refractivity contribution in [3.05, 3.63) is 65.5 Å². The van der Waals surface area contributed by atoms with Gasteiger partial charge in [-0.15, -0.1) is 0 Å². The van der Waals surface area contributed by atoms with Crippen LogP contribution in [0.25, 0.3) is 0 Å². The molecule has 1 N–H and O–H groups in total. The van der Waals surface area contributed by atoms with E-state index in [-0.39, 0.29) is 11.5 Å². The predicted octanol–water partition coefficient (Wildman–Crippen LogP) is 2.92. The highest BCUT2D eigenvalue weighted by molar-refractivity contribution is 6.00. The zero-order valence-corrected chi connectivity index (χ0v) is 17.0. The van der Waals surface area contributed by atoms with E-state index in [9.17, 15) is 27.9 Å². The molecule has 168 valence electrons. The van der Waals surface area contributed by atoms with Crippen LogP contribution in [-0.2, 0) is 11.0 Å². The van der Waals surface area contributed by atoms with Crippen LogP contribution in [0.3, 0.4) is 0 Å². The van der Waals surface area contributed by atoms with Crippen LogP contribution in [0.1, 0.15) is 34.5 Å². The fourth-order valence-electron chi connectivity index (χ4n) is 3.59. The Balaban J connectivity index is 1.48. The van der Waals surface area contributed by atoms with E-state index in [1.165, 1.54) is 12.1 Å². The van der Waals surface area contributed by atoms with Gasteiger partial charge in [-0.25, -0.2) is 9.79 Å². The third-order valence-electron chi connectivity index (χ3n) is 5.66. The van der Waals surface area contributed by atoms with Crippen LogP contribution in [0.15, 0.2) is 53.7 Å². The normalized spacial score (nSPS) is 18.4. The van der Waals surface area contributed by atoms with Gasteiger partial charge >= 0.3 is 12.1 Å². The predicted molar refractivity (Wildman–Crippen MR) is 109 cm³/mol. The van der Waals surface area contributed by atoms with Crippen LogP contribution in [0, 0.1) is 0 Å². The van der Waals surface area contributed by atoms with E-state index in [0.29, 0.717) is 50.6 Å². The fourth-order valence-corrected chi connectivity index (χ4v) is 3.59. The Kier molecular flexibility index (Phi) is 5.62. The molecule has 1 amide bonds. The largest absolute Gasteiger partial charge is 0.479 e. The second-order valence-corrected chi connectivity index (χ2v) is 7.84. The molecule has 7 nitrogen and oxygen atoms in total. The number of carbonyl (C=O) groups excluding carboxylic acids is 1. The Hall–Kier alpha value is -3.43. The molecular weight excluding hydrogens is 425 g/mol. The first-order chi connectivity index (χ1) is 15.2. The first kappa shape index (κ1) is 21.8. The number of pyridine rings is 1. The van der Waals surface area contributed by atoms with E-state index < -0.39 is 23.2 Å². The van der Waals surface area contributed by atoms with Crippen LogP contribution in [0.2, 0.25) is 0 Å². The van der Waals surface area contributed by atoms with Crippen molar-refractivity contribution in [1.29, 1.82) is 0 Å². The van der Waals surface area contributed by atoms with Gasteiger partial charge in [0.2, 0.25) is 0 Å². The lowest BCUT2D eigenvalue weighted by molar-refractivity contribution is -0.139. The summed E-state index contributed by atoms with van der Waals surface area (Å²) in [5.74, 6) is -0.840. The monoisotopic (exact) mass is 446 g/mol. The molecule has 1 saturated carbocycles. The molecule has 2 heterocycles. The summed E-state index contributed by atoms with van der Waals surface area (Å²) in [6, 6.07) is 9.47. The highest BCUT2D eigenvalue weighted by Gasteiger charge is 2.51. The van der Waals surface area contributed by atoms with Gasteiger partial charge in [-0.2, -0.15) is 13.2 Å². The molecular formula is C22H21F3N4O3. The highest BCUT2D eigenvalue weighted by atomic mass is 19.4. The number of carboxylic acid groups (broad SMARTS) is 1. The van der Waals surface area contributed by atoms with Gasteiger partial charge in [0, 0.05) is 37.9 Å². The molecule has 0 unspecified atom stereocenters. The van der Waals surface area contributed by atoms with Gasteiger partial charge in [0.1, 0.15) is 5.69 Å². The van der Waals surface area contributed by atoms with Crippen LogP contribution in [0.4, 0.5) is 13.2 Å². The number of benzene rings is 1. The summed E-state index contributed by atoms with van der Waals surface area (Å²) in [5.41, 5.74) is -1.18. The average Bonchev–Trinajstić information content (AvgIpc) is 3.58. The van der Waals surface area contributed by atoms with Gasteiger partial charge in [0.25, 0.3) is 5.91 Å². The summed E-state index contributed by atoms with van der Waals surface area (Å²) in [7, 11) is 0. The minimum absolute atomic E-state index is 0.188. The zero-order valence-electron chi connectivity index (χ0n) is 17.0. The van der Waals surface area contributed by atoms with Crippen molar-refractivity contribution >= 4 is 17.7 Å². The SMILES string of the molecule is O=C(c1ccc(C(F)(F)F)cc1)N1CCN(/C(=N/C2(C(=O)O)CC2)c2ccccn2)CC1. The number of piperazine rings is 1. The van der Waals surface area contributed by atoms with E-state index in [2.05, 4.69) is 9.98 Å². The molecule has 2 aliphatic rings. The van der Waals surface area contributed by atoms with Crippen LogP contribution < -0.4 is 0 Å². The standard InChI is InChI=1S/C22H21F3N4O3/c23-22(24,25)16-6-4-15(5-7-16)19(30)29-13-11-28(12-14-29)18(17-3-1-2-10-26-17)27-21(8-9-21)20(31)32/h1-7,10H,8-9,11-14H2,(H,31,32)/b27-18+. The Morgan fingerprint density at radius 2 is 1.59 bits per heavy atom. The minimum atomic E-state index is -4.46. The van der Waals surface area contributed by atoms with E-state index >= 15 is 0 Å². The molecule has 32 heavy (non-hydrogen) atoms. The third kappa shape index (κ3) is 4.44. The van der Waals surface area contributed by atoms with E-state index in [4.69, 9.17) is 0 Å². The maximum absolute atomic E-state index is 12.8. The first-order valence-corrected chi connectivity index (χ1v) is 10.2. The van der Waals surface area contributed by atoms with Gasteiger partial charge < -0.3 is 14.9 Å². The number of aliphatic imine (C=N–C) groups is 1. The lowest BCUT2D eigenvalue weighted by atomic mass is 10.1. The maximum atomic E-state index is 12.8. The summed E-state index contributed by atoms with van der Waals surface area (Å²) in [5, 5.41) is 9.54. The second-order valence-electron chi connectivity index (χ2n) is 7.84.